The zero-order chi connectivity index (χ0) is 9.68. The van der Waals surface area contributed by atoms with Crippen molar-refractivity contribution in [2.75, 3.05) is 0 Å². The first-order valence-corrected chi connectivity index (χ1v) is 4.25. The summed E-state index contributed by atoms with van der Waals surface area (Å²) in [7, 11) is 0. The van der Waals surface area contributed by atoms with Gasteiger partial charge in [0.05, 0.1) is 10.1 Å². The molecule has 0 saturated carbocycles. The molecule has 0 saturated heterocycles. The number of benzene rings is 1. The van der Waals surface area contributed by atoms with Crippen LogP contribution in [-0.4, -0.2) is 16.0 Å². The Kier molecular flexibility index (Phi) is 3.22. The van der Waals surface area contributed by atoms with E-state index in [1.54, 1.807) is 0 Å². The van der Waals surface area contributed by atoms with E-state index in [1.165, 1.54) is 11.5 Å². The summed E-state index contributed by atoms with van der Waals surface area (Å²) in [5, 5.41) is 7.67. The molecule has 0 aliphatic heterocycles. The topological polar surface area (TPSA) is 70.2 Å². The number of aromatic amines is 1. The lowest BCUT2D eigenvalue weighted by molar-refractivity contribution is -0.122. The van der Waals surface area contributed by atoms with E-state index in [-0.39, 0.29) is 12.0 Å². The van der Waals surface area contributed by atoms with Gasteiger partial charge >= 0.3 is 0 Å². The Labute approximate surface area is 77.6 Å². The zero-order valence-electron chi connectivity index (χ0n) is 6.56. The maximum Gasteiger partial charge on any atom is 0.290 e. The van der Waals surface area contributed by atoms with Crippen molar-refractivity contribution in [2.45, 2.75) is 0 Å². The Balaban J connectivity index is 0.000000251. The van der Waals surface area contributed by atoms with Crippen LogP contribution in [0.3, 0.4) is 0 Å². The Morgan fingerprint density at radius 3 is 2.62 bits per heavy atom. The number of fused-ring (bicyclic) bond motifs is 1. The minimum Gasteiger partial charge on any atom is -0.483 e. The molecule has 0 bridgehead atoms. The van der Waals surface area contributed by atoms with Crippen LogP contribution in [0.2, 0.25) is 0 Å². The molecular weight excluding hydrogens is 190 g/mol. The highest BCUT2D eigenvalue weighted by atomic mass is 32.1. The van der Waals surface area contributed by atoms with Gasteiger partial charge in [-0.15, -0.1) is 0 Å². The molecule has 0 amide bonds. The van der Waals surface area contributed by atoms with Crippen molar-refractivity contribution in [3.05, 3.63) is 34.6 Å². The molecule has 0 spiro atoms. The van der Waals surface area contributed by atoms with Crippen molar-refractivity contribution in [1.82, 2.24) is 4.37 Å². The monoisotopic (exact) mass is 197 g/mol. The third kappa shape index (κ3) is 2.16. The first-order valence-electron chi connectivity index (χ1n) is 3.43. The van der Waals surface area contributed by atoms with Crippen LogP contribution in [0, 0.1) is 0 Å². The van der Waals surface area contributed by atoms with Gasteiger partial charge in [0.15, 0.2) is 0 Å². The molecule has 0 unspecified atom stereocenters. The smallest absolute Gasteiger partial charge is 0.290 e. The fraction of sp³-hybridized carbons (Fsp3) is 0. The Morgan fingerprint density at radius 2 is 2.00 bits per heavy atom. The Hall–Kier alpha value is -1.62. The summed E-state index contributed by atoms with van der Waals surface area (Å²) in [4.78, 5) is 19.3. The van der Waals surface area contributed by atoms with Crippen molar-refractivity contribution in [3.63, 3.8) is 0 Å². The number of rotatable bonds is 0. The van der Waals surface area contributed by atoms with E-state index >= 15 is 0 Å². The molecule has 4 nitrogen and oxygen atoms in total. The van der Waals surface area contributed by atoms with Gasteiger partial charge in [-0.25, -0.2) is 0 Å². The maximum absolute atomic E-state index is 10.9. The number of H-pyrrole nitrogens is 1. The molecule has 0 fully saturated rings. The molecule has 0 radical (unpaired) electrons. The normalized spacial score (nSPS) is 8.92. The second-order valence-electron chi connectivity index (χ2n) is 2.13. The van der Waals surface area contributed by atoms with Crippen molar-refractivity contribution < 1.29 is 9.90 Å². The number of hydrogen-bond donors (Lipinski definition) is 2. The van der Waals surface area contributed by atoms with Gasteiger partial charge in [-0.3, -0.25) is 14.0 Å². The molecule has 0 aliphatic rings. The number of nitrogens with one attached hydrogen (secondary N) is 1. The lowest BCUT2D eigenvalue weighted by Gasteiger charge is -1.79. The molecule has 1 aromatic heterocycles. The van der Waals surface area contributed by atoms with Crippen LogP contribution >= 0.6 is 11.5 Å². The molecule has 0 aliphatic carbocycles. The Bertz CT molecular complexity index is 446. The molecule has 1 aromatic carbocycles. The molecule has 2 aromatic rings. The van der Waals surface area contributed by atoms with E-state index in [0.717, 1.165) is 10.1 Å². The maximum atomic E-state index is 10.9. The van der Waals surface area contributed by atoms with E-state index in [1.807, 2.05) is 24.3 Å². The SMILES string of the molecule is O=CO.O=c1[nH]sc2ccccc12. The lowest BCUT2D eigenvalue weighted by Crippen LogP contribution is -1.94. The van der Waals surface area contributed by atoms with Crippen LogP contribution in [0.1, 0.15) is 0 Å². The van der Waals surface area contributed by atoms with Crippen LogP contribution in [-0.2, 0) is 4.79 Å². The number of aromatic nitrogens is 1. The van der Waals surface area contributed by atoms with Crippen LogP contribution in [0.5, 0.6) is 0 Å². The predicted molar refractivity (Wildman–Crippen MR) is 51.1 cm³/mol. The van der Waals surface area contributed by atoms with Gasteiger partial charge in [0, 0.05) is 0 Å². The average Bonchev–Trinajstić information content (AvgIpc) is 2.50. The van der Waals surface area contributed by atoms with E-state index in [9.17, 15) is 4.79 Å². The quantitative estimate of drug-likeness (QED) is 0.625. The molecular formula is C8H7NO3S. The van der Waals surface area contributed by atoms with E-state index in [2.05, 4.69) is 4.37 Å². The van der Waals surface area contributed by atoms with Crippen molar-refractivity contribution in [3.8, 4) is 0 Å². The average molecular weight is 197 g/mol. The van der Waals surface area contributed by atoms with Crippen LogP contribution in [0.15, 0.2) is 29.1 Å². The summed E-state index contributed by atoms with van der Waals surface area (Å²) >= 11 is 1.38. The number of hydrogen-bond acceptors (Lipinski definition) is 3. The summed E-state index contributed by atoms with van der Waals surface area (Å²) < 4.78 is 3.68. The van der Waals surface area contributed by atoms with Crippen LogP contribution in [0.4, 0.5) is 0 Å². The molecule has 1 heterocycles. The van der Waals surface area contributed by atoms with Gasteiger partial charge in [0.2, 0.25) is 0 Å². The summed E-state index contributed by atoms with van der Waals surface area (Å²) in [6.07, 6.45) is 0. The highest BCUT2D eigenvalue weighted by Crippen LogP contribution is 2.11. The third-order valence-corrected chi connectivity index (χ3v) is 2.25. The van der Waals surface area contributed by atoms with E-state index in [0.29, 0.717) is 0 Å². The van der Waals surface area contributed by atoms with Crippen molar-refractivity contribution >= 4 is 28.1 Å². The van der Waals surface area contributed by atoms with Crippen LogP contribution < -0.4 is 5.56 Å². The predicted octanol–water partition coefficient (Wildman–Crippen LogP) is 1.29. The fourth-order valence-corrected chi connectivity index (χ4v) is 1.63. The molecule has 0 atom stereocenters. The van der Waals surface area contributed by atoms with E-state index in [4.69, 9.17) is 9.90 Å². The largest absolute Gasteiger partial charge is 0.483 e. The second-order valence-corrected chi connectivity index (χ2v) is 2.98. The van der Waals surface area contributed by atoms with Gasteiger partial charge in [-0.05, 0) is 12.1 Å². The van der Waals surface area contributed by atoms with E-state index < -0.39 is 0 Å². The van der Waals surface area contributed by atoms with Gasteiger partial charge in [-0.2, -0.15) is 0 Å². The number of carboxylic acid groups (broad SMARTS) is 1. The van der Waals surface area contributed by atoms with Gasteiger partial charge < -0.3 is 5.11 Å². The highest BCUT2D eigenvalue weighted by Gasteiger charge is 1.96. The summed E-state index contributed by atoms with van der Waals surface area (Å²) in [6.45, 7) is -0.250. The highest BCUT2D eigenvalue weighted by molar-refractivity contribution is 7.13. The fourth-order valence-electron chi connectivity index (χ4n) is 0.900. The zero-order valence-corrected chi connectivity index (χ0v) is 7.38. The van der Waals surface area contributed by atoms with Gasteiger partial charge in [0.25, 0.3) is 12.0 Å². The first-order chi connectivity index (χ1) is 6.29. The van der Waals surface area contributed by atoms with Crippen molar-refractivity contribution in [2.24, 2.45) is 0 Å². The molecule has 13 heavy (non-hydrogen) atoms. The second kappa shape index (κ2) is 4.42. The lowest BCUT2D eigenvalue weighted by atomic mass is 10.3. The summed E-state index contributed by atoms with van der Waals surface area (Å²) in [5.41, 5.74) is 0.0144. The summed E-state index contributed by atoms with van der Waals surface area (Å²) in [5.74, 6) is 0. The molecule has 68 valence electrons. The van der Waals surface area contributed by atoms with Crippen LogP contribution in [0.25, 0.3) is 10.1 Å². The number of carbonyl (C=O) groups is 1. The minimum absolute atomic E-state index is 0.0144. The third-order valence-electron chi connectivity index (χ3n) is 1.39. The minimum atomic E-state index is -0.250. The molecule has 5 heteroatoms. The van der Waals surface area contributed by atoms with Gasteiger partial charge in [-0.1, -0.05) is 23.7 Å². The first kappa shape index (κ1) is 9.47. The standard InChI is InChI=1S/C7H5NOS.CH2O2/c9-7-5-3-1-2-4-6(5)10-8-7;2-1-3/h1-4H,(H,8,9);1H,(H,2,3). The summed E-state index contributed by atoms with van der Waals surface area (Å²) in [6, 6.07) is 7.54. The molecule has 2 N–H and O–H groups in total. The Morgan fingerprint density at radius 1 is 1.38 bits per heavy atom. The molecule has 2 rings (SSSR count). The van der Waals surface area contributed by atoms with Gasteiger partial charge in [0.1, 0.15) is 0 Å². The van der Waals surface area contributed by atoms with Crippen molar-refractivity contribution in [1.29, 1.82) is 0 Å².